The van der Waals surface area contributed by atoms with Gasteiger partial charge in [-0.1, -0.05) is 109 Å². The summed E-state index contributed by atoms with van der Waals surface area (Å²) < 4.78 is 0. The second-order valence-corrected chi connectivity index (χ2v) is 6.11. The Balaban J connectivity index is 1.92. The molecule has 0 N–H and O–H groups in total. The molecule has 2 nitrogen and oxygen atoms in total. The Bertz CT molecular complexity index is 989. The fraction of sp³-hybridized carbons (Fsp3) is 0. The number of hydrogen-bond acceptors (Lipinski definition) is 2. The maximum absolute atomic E-state index is 9.25. The minimum Gasteiger partial charge on any atom is -0.192 e. The first kappa shape index (κ1) is 21.9. The third-order valence-electron chi connectivity index (χ3n) is 3.87. The fourth-order valence-corrected chi connectivity index (χ4v) is 2.35. The van der Waals surface area contributed by atoms with Gasteiger partial charge in [0.2, 0.25) is 0 Å². The summed E-state index contributed by atoms with van der Waals surface area (Å²) in [6, 6.07) is 24.2. The summed E-state index contributed by atoms with van der Waals surface area (Å²) in [6.07, 6.45) is 21.8. The zero-order valence-corrected chi connectivity index (χ0v) is 16.6. The molecule has 0 aliphatic rings. The molecule has 0 aromatic heterocycles. The second kappa shape index (κ2) is 13.7. The molecule has 2 aromatic rings. The predicted octanol–water partition coefficient (Wildman–Crippen LogP) is 6.98. The van der Waals surface area contributed by atoms with Crippen LogP contribution in [0.5, 0.6) is 0 Å². The van der Waals surface area contributed by atoms with E-state index in [1.807, 2.05) is 97.1 Å². The van der Waals surface area contributed by atoms with E-state index in [0.717, 1.165) is 11.1 Å². The van der Waals surface area contributed by atoms with Crippen molar-refractivity contribution >= 4 is 12.2 Å². The first-order valence-electron chi connectivity index (χ1n) is 9.50. The van der Waals surface area contributed by atoms with Gasteiger partial charge < -0.3 is 0 Å². The van der Waals surface area contributed by atoms with E-state index in [4.69, 9.17) is 0 Å². The van der Waals surface area contributed by atoms with Gasteiger partial charge in [-0.25, -0.2) is 0 Å². The van der Waals surface area contributed by atoms with Crippen molar-refractivity contribution in [2.24, 2.45) is 0 Å². The van der Waals surface area contributed by atoms with Crippen molar-refractivity contribution in [1.29, 1.82) is 10.5 Å². The highest BCUT2D eigenvalue weighted by molar-refractivity contribution is 5.52. The Kier molecular flexibility index (Phi) is 10.0. The molecule has 0 heterocycles. The molecule has 2 rings (SSSR count). The van der Waals surface area contributed by atoms with Crippen LogP contribution in [0.3, 0.4) is 0 Å². The van der Waals surface area contributed by atoms with Crippen molar-refractivity contribution in [3.05, 3.63) is 144 Å². The number of nitrogens with zero attached hydrogens (tertiary/aromatic N) is 2. The highest BCUT2D eigenvalue weighted by Crippen LogP contribution is 2.04. The molecule has 0 unspecified atom stereocenters. The van der Waals surface area contributed by atoms with Crippen LogP contribution in [-0.2, 0) is 0 Å². The minimum absolute atomic E-state index is 0.466. The maximum Gasteiger partial charge on any atom is 0.0991 e. The van der Waals surface area contributed by atoms with Crippen LogP contribution in [0.4, 0.5) is 0 Å². The average Bonchev–Trinajstić information content (AvgIpc) is 2.80. The standard InChI is InChI=1S/C28H22N2/c29-23-27(19-11-3-9-17-25-13-5-1-6-14-25)21-22-28(24-30)20-12-4-10-18-26-15-7-2-8-16-26/h1-22H/b11-3+,12-4+,17-9+,18-10+,22-21+,27-19-,28-20-. The van der Waals surface area contributed by atoms with Gasteiger partial charge in [-0.2, -0.15) is 10.5 Å². The molecule has 144 valence electrons. The molecule has 0 saturated heterocycles. The maximum atomic E-state index is 9.25. The van der Waals surface area contributed by atoms with Gasteiger partial charge in [0, 0.05) is 0 Å². The molecule has 0 spiro atoms. The molecule has 0 aliphatic carbocycles. The molecule has 0 bridgehead atoms. The van der Waals surface area contributed by atoms with Crippen LogP contribution >= 0.6 is 0 Å². The Morgan fingerprint density at radius 1 is 0.533 bits per heavy atom. The number of nitriles is 2. The van der Waals surface area contributed by atoms with Crippen molar-refractivity contribution < 1.29 is 0 Å². The van der Waals surface area contributed by atoms with Crippen molar-refractivity contribution in [2.45, 2.75) is 0 Å². The van der Waals surface area contributed by atoms with E-state index in [1.54, 1.807) is 36.5 Å². The Hall–Kier alpha value is -4.40. The fourth-order valence-electron chi connectivity index (χ4n) is 2.35. The summed E-state index contributed by atoms with van der Waals surface area (Å²) in [4.78, 5) is 0. The smallest absolute Gasteiger partial charge is 0.0991 e. The summed E-state index contributed by atoms with van der Waals surface area (Å²) in [5.74, 6) is 0. The van der Waals surface area contributed by atoms with Crippen molar-refractivity contribution in [2.75, 3.05) is 0 Å². The van der Waals surface area contributed by atoms with E-state index < -0.39 is 0 Å². The van der Waals surface area contributed by atoms with E-state index in [0.29, 0.717) is 11.1 Å². The van der Waals surface area contributed by atoms with Crippen LogP contribution in [0.1, 0.15) is 11.1 Å². The normalized spacial score (nSPS) is 13.0. The largest absolute Gasteiger partial charge is 0.192 e. The molecule has 0 saturated carbocycles. The van der Waals surface area contributed by atoms with Gasteiger partial charge in [0.1, 0.15) is 0 Å². The van der Waals surface area contributed by atoms with Gasteiger partial charge in [-0.05, 0) is 35.4 Å². The molecule has 0 radical (unpaired) electrons. The van der Waals surface area contributed by atoms with Gasteiger partial charge >= 0.3 is 0 Å². The summed E-state index contributed by atoms with van der Waals surface area (Å²) in [5, 5.41) is 18.5. The molecule has 2 heteroatoms. The Labute approximate surface area is 178 Å². The van der Waals surface area contributed by atoms with E-state index in [2.05, 4.69) is 12.1 Å². The van der Waals surface area contributed by atoms with Crippen LogP contribution < -0.4 is 0 Å². The zero-order valence-electron chi connectivity index (χ0n) is 16.6. The number of rotatable bonds is 8. The number of hydrogen-bond donors (Lipinski definition) is 0. The Morgan fingerprint density at radius 3 is 1.30 bits per heavy atom. The van der Waals surface area contributed by atoms with E-state index in [1.165, 1.54) is 0 Å². The average molecular weight is 386 g/mol. The molecule has 0 fully saturated rings. The summed E-state index contributed by atoms with van der Waals surface area (Å²) >= 11 is 0. The molecule has 0 aliphatic heterocycles. The lowest BCUT2D eigenvalue weighted by Gasteiger charge is -1.89. The number of allylic oxidation sites excluding steroid dienone is 12. The molecule has 0 atom stereocenters. The highest BCUT2D eigenvalue weighted by atomic mass is 14.2. The highest BCUT2D eigenvalue weighted by Gasteiger charge is 1.90. The lowest BCUT2D eigenvalue weighted by Crippen LogP contribution is -1.74. The lowest BCUT2D eigenvalue weighted by molar-refractivity contribution is 1.48. The minimum atomic E-state index is 0.466. The van der Waals surface area contributed by atoms with E-state index in [9.17, 15) is 10.5 Å². The monoisotopic (exact) mass is 386 g/mol. The van der Waals surface area contributed by atoms with Crippen molar-refractivity contribution in [3.63, 3.8) is 0 Å². The molecule has 2 aromatic carbocycles. The summed E-state index contributed by atoms with van der Waals surface area (Å²) in [5.41, 5.74) is 3.16. The quantitative estimate of drug-likeness (QED) is 0.363. The van der Waals surface area contributed by atoms with Gasteiger partial charge in [0.25, 0.3) is 0 Å². The van der Waals surface area contributed by atoms with Crippen LogP contribution in [0.2, 0.25) is 0 Å². The van der Waals surface area contributed by atoms with E-state index >= 15 is 0 Å². The first-order chi connectivity index (χ1) is 14.8. The molecule has 30 heavy (non-hydrogen) atoms. The van der Waals surface area contributed by atoms with Crippen LogP contribution in [-0.4, -0.2) is 0 Å². The van der Waals surface area contributed by atoms with Gasteiger partial charge in [-0.15, -0.1) is 0 Å². The van der Waals surface area contributed by atoms with Gasteiger partial charge in [-0.3, -0.25) is 0 Å². The van der Waals surface area contributed by atoms with Gasteiger partial charge in [0.05, 0.1) is 23.3 Å². The molecular formula is C28H22N2. The summed E-state index contributed by atoms with van der Waals surface area (Å²) in [6.45, 7) is 0. The van der Waals surface area contributed by atoms with Gasteiger partial charge in [0.15, 0.2) is 0 Å². The summed E-state index contributed by atoms with van der Waals surface area (Å²) in [7, 11) is 0. The zero-order chi connectivity index (χ0) is 21.3. The van der Waals surface area contributed by atoms with Crippen LogP contribution in [0, 0.1) is 22.7 Å². The molecule has 0 amide bonds. The topological polar surface area (TPSA) is 47.6 Å². The first-order valence-corrected chi connectivity index (χ1v) is 9.50. The third kappa shape index (κ3) is 9.00. The lowest BCUT2D eigenvalue weighted by atomic mass is 10.1. The van der Waals surface area contributed by atoms with Crippen molar-refractivity contribution in [1.82, 2.24) is 0 Å². The number of benzene rings is 2. The van der Waals surface area contributed by atoms with Crippen molar-refractivity contribution in [3.8, 4) is 12.1 Å². The third-order valence-corrected chi connectivity index (χ3v) is 3.87. The second-order valence-electron chi connectivity index (χ2n) is 6.11. The van der Waals surface area contributed by atoms with Crippen LogP contribution in [0.25, 0.3) is 12.2 Å². The van der Waals surface area contributed by atoms with Crippen LogP contribution in [0.15, 0.2) is 133 Å². The predicted molar refractivity (Wildman–Crippen MR) is 126 cm³/mol. The Morgan fingerprint density at radius 2 is 0.933 bits per heavy atom. The molecular weight excluding hydrogens is 364 g/mol. The van der Waals surface area contributed by atoms with E-state index in [-0.39, 0.29) is 0 Å². The SMILES string of the molecule is N#CC(=C\C=C\C=C\c1ccccc1)/C=C/C(C#N)=C/C=C/C=C/c1ccccc1.